The van der Waals surface area contributed by atoms with Gasteiger partial charge in [-0.25, -0.2) is 12.7 Å². The first kappa shape index (κ1) is 14.7. The summed E-state index contributed by atoms with van der Waals surface area (Å²) in [6, 6.07) is 17.6. The second-order valence-corrected chi connectivity index (χ2v) is 7.69. The molecule has 4 heteroatoms. The molecular formula is C18H17NO2S. The van der Waals surface area contributed by atoms with Crippen molar-refractivity contribution in [1.29, 1.82) is 0 Å². The van der Waals surface area contributed by atoms with E-state index >= 15 is 0 Å². The lowest BCUT2D eigenvalue weighted by molar-refractivity contribution is 0.329. The average Bonchev–Trinajstić information content (AvgIpc) is 2.61. The van der Waals surface area contributed by atoms with Gasteiger partial charge in [0, 0.05) is 11.6 Å². The Hall–Kier alpha value is -2.25. The minimum Gasteiger partial charge on any atom is -0.214 e. The van der Waals surface area contributed by atoms with Gasteiger partial charge in [-0.3, -0.25) is 0 Å². The Morgan fingerprint density at radius 3 is 2.41 bits per heavy atom. The number of hydrogen-bond acceptors (Lipinski definition) is 2. The topological polar surface area (TPSA) is 37.4 Å². The fourth-order valence-corrected chi connectivity index (χ4v) is 4.58. The van der Waals surface area contributed by atoms with E-state index in [1.165, 1.54) is 4.31 Å². The van der Waals surface area contributed by atoms with Crippen LogP contribution in [0.2, 0.25) is 0 Å². The summed E-state index contributed by atoms with van der Waals surface area (Å²) in [6.45, 7) is 5.73. The number of benzene rings is 2. The van der Waals surface area contributed by atoms with Crippen LogP contribution in [0.25, 0.3) is 0 Å². The predicted molar refractivity (Wildman–Crippen MR) is 86.5 cm³/mol. The molecule has 0 saturated carbocycles. The Labute approximate surface area is 131 Å². The van der Waals surface area contributed by atoms with Gasteiger partial charge < -0.3 is 0 Å². The van der Waals surface area contributed by atoms with Crippen LogP contribution in [0.1, 0.15) is 30.5 Å². The van der Waals surface area contributed by atoms with Crippen LogP contribution >= 0.6 is 0 Å². The van der Waals surface area contributed by atoms with Crippen LogP contribution in [-0.2, 0) is 15.6 Å². The zero-order chi connectivity index (χ0) is 16.0. The van der Waals surface area contributed by atoms with Gasteiger partial charge in [-0.05, 0) is 50.5 Å². The molecule has 0 bridgehead atoms. The average molecular weight is 311 g/mol. The third kappa shape index (κ3) is 2.18. The Bertz CT molecular complexity index is 888. The van der Waals surface area contributed by atoms with Crippen LogP contribution < -0.4 is 0 Å². The summed E-state index contributed by atoms with van der Waals surface area (Å²) in [5, 5.41) is 0. The zero-order valence-electron chi connectivity index (χ0n) is 12.8. The summed E-state index contributed by atoms with van der Waals surface area (Å²) < 4.78 is 26.8. The van der Waals surface area contributed by atoms with Crippen LogP contribution in [0.15, 0.2) is 53.4 Å². The maximum Gasteiger partial charge on any atom is 0.272 e. The Morgan fingerprint density at radius 2 is 1.73 bits per heavy atom. The van der Waals surface area contributed by atoms with E-state index in [9.17, 15) is 8.42 Å². The first-order chi connectivity index (χ1) is 10.3. The highest BCUT2D eigenvalue weighted by atomic mass is 32.2. The normalized spacial score (nSPS) is 17.5. The molecule has 22 heavy (non-hydrogen) atoms. The van der Waals surface area contributed by atoms with E-state index in [1.807, 2.05) is 63.2 Å². The molecule has 0 aliphatic carbocycles. The van der Waals surface area contributed by atoms with Gasteiger partial charge in [-0.15, -0.1) is 0 Å². The quantitative estimate of drug-likeness (QED) is 0.700. The van der Waals surface area contributed by atoms with Crippen LogP contribution in [0, 0.1) is 18.9 Å². The monoisotopic (exact) mass is 311 g/mol. The fourth-order valence-electron chi connectivity index (χ4n) is 2.69. The second kappa shape index (κ2) is 4.89. The fraction of sp³-hybridized carbons (Fsp3) is 0.222. The maximum atomic E-state index is 12.8. The van der Waals surface area contributed by atoms with Crippen molar-refractivity contribution in [2.75, 3.05) is 0 Å². The molecule has 112 valence electrons. The molecule has 3 nitrogen and oxygen atoms in total. The van der Waals surface area contributed by atoms with Crippen molar-refractivity contribution < 1.29 is 8.42 Å². The maximum absolute atomic E-state index is 12.8. The molecule has 0 N–H and O–H groups in total. The third-order valence-electron chi connectivity index (χ3n) is 3.90. The lowest BCUT2D eigenvalue weighted by Gasteiger charge is -2.26. The van der Waals surface area contributed by atoms with Gasteiger partial charge in [-0.1, -0.05) is 35.9 Å². The summed E-state index contributed by atoms with van der Waals surface area (Å²) in [4.78, 5) is 0.352. The number of rotatable bonds is 0. The van der Waals surface area contributed by atoms with Gasteiger partial charge in [0.05, 0.1) is 10.4 Å². The van der Waals surface area contributed by atoms with E-state index in [1.54, 1.807) is 6.07 Å². The Balaban J connectivity index is 2.13. The highest BCUT2D eigenvalue weighted by Gasteiger charge is 2.47. The number of sulfonamides is 1. The summed E-state index contributed by atoms with van der Waals surface area (Å²) >= 11 is 0. The summed E-state index contributed by atoms with van der Waals surface area (Å²) in [5.41, 5.74) is 1.96. The number of aryl methyl sites for hydroxylation is 1. The van der Waals surface area contributed by atoms with E-state index in [2.05, 4.69) is 12.0 Å². The van der Waals surface area contributed by atoms with Crippen LogP contribution in [-0.4, -0.2) is 12.7 Å². The smallest absolute Gasteiger partial charge is 0.214 e. The van der Waals surface area contributed by atoms with Crippen molar-refractivity contribution in [3.8, 4) is 12.0 Å². The standard InChI is InChI=1S/C18H17NO2S/c1-14-9-10-17-16(13-14)18(2,3)19(22(17,20)21)12-11-15-7-5-4-6-8-15/h4-10,13H,1-3H3. The van der Waals surface area contributed by atoms with Gasteiger partial charge in [0.15, 0.2) is 0 Å². The summed E-state index contributed by atoms with van der Waals surface area (Å²) in [7, 11) is -3.58. The summed E-state index contributed by atoms with van der Waals surface area (Å²) in [5.74, 6) is 2.94. The van der Waals surface area contributed by atoms with Gasteiger partial charge in [0.1, 0.15) is 0 Å². The van der Waals surface area contributed by atoms with Crippen molar-refractivity contribution in [3.63, 3.8) is 0 Å². The Morgan fingerprint density at radius 1 is 1.05 bits per heavy atom. The lowest BCUT2D eigenvalue weighted by Crippen LogP contribution is -2.35. The van der Waals surface area contributed by atoms with Crippen molar-refractivity contribution in [2.24, 2.45) is 0 Å². The van der Waals surface area contributed by atoms with E-state index < -0.39 is 15.6 Å². The van der Waals surface area contributed by atoms with Crippen LogP contribution in [0.3, 0.4) is 0 Å². The lowest BCUT2D eigenvalue weighted by atomic mass is 9.93. The molecule has 1 aliphatic rings. The van der Waals surface area contributed by atoms with Gasteiger partial charge >= 0.3 is 0 Å². The molecule has 3 rings (SSSR count). The highest BCUT2D eigenvalue weighted by molar-refractivity contribution is 7.89. The predicted octanol–water partition coefficient (Wildman–Crippen LogP) is 3.24. The molecular weight excluding hydrogens is 294 g/mol. The van der Waals surface area contributed by atoms with Crippen LogP contribution in [0.5, 0.6) is 0 Å². The second-order valence-electron chi connectivity index (χ2n) is 5.93. The minimum atomic E-state index is -3.58. The molecule has 0 amide bonds. The highest BCUT2D eigenvalue weighted by Crippen LogP contribution is 2.43. The van der Waals surface area contributed by atoms with E-state index in [-0.39, 0.29) is 0 Å². The van der Waals surface area contributed by atoms with Crippen molar-refractivity contribution in [3.05, 3.63) is 65.2 Å². The molecule has 0 saturated heterocycles. The van der Waals surface area contributed by atoms with E-state index in [4.69, 9.17) is 0 Å². The largest absolute Gasteiger partial charge is 0.272 e. The molecule has 2 aromatic rings. The SMILES string of the molecule is Cc1ccc2c(c1)C(C)(C)N(C#Cc1ccccc1)S2(=O)=O. The number of fused-ring (bicyclic) bond motifs is 1. The van der Waals surface area contributed by atoms with Gasteiger partial charge in [-0.2, -0.15) is 0 Å². The minimum absolute atomic E-state index is 0.352. The summed E-state index contributed by atoms with van der Waals surface area (Å²) in [6.07, 6.45) is 0. The molecule has 0 spiro atoms. The molecule has 0 aromatic heterocycles. The first-order valence-corrected chi connectivity index (χ1v) is 8.51. The third-order valence-corrected chi connectivity index (χ3v) is 5.84. The molecule has 2 aromatic carbocycles. The van der Waals surface area contributed by atoms with Crippen molar-refractivity contribution in [2.45, 2.75) is 31.2 Å². The first-order valence-electron chi connectivity index (χ1n) is 7.07. The molecule has 0 atom stereocenters. The Kier molecular flexibility index (Phi) is 3.26. The van der Waals surface area contributed by atoms with Crippen molar-refractivity contribution >= 4 is 10.0 Å². The molecule has 0 unspecified atom stereocenters. The molecule has 1 heterocycles. The molecule has 0 fully saturated rings. The van der Waals surface area contributed by atoms with Crippen molar-refractivity contribution in [1.82, 2.24) is 4.31 Å². The van der Waals surface area contributed by atoms with Gasteiger partial charge in [0.2, 0.25) is 0 Å². The van der Waals surface area contributed by atoms with Crippen LogP contribution in [0.4, 0.5) is 0 Å². The van der Waals surface area contributed by atoms with Gasteiger partial charge in [0.25, 0.3) is 10.0 Å². The van der Waals surface area contributed by atoms with E-state index in [0.717, 1.165) is 16.7 Å². The number of hydrogen-bond donors (Lipinski definition) is 0. The number of nitrogens with zero attached hydrogens (tertiary/aromatic N) is 1. The zero-order valence-corrected chi connectivity index (χ0v) is 13.6. The molecule has 0 radical (unpaired) electrons. The van der Waals surface area contributed by atoms with E-state index in [0.29, 0.717) is 4.90 Å². The molecule has 1 aliphatic heterocycles.